The van der Waals surface area contributed by atoms with Gasteiger partial charge in [-0.05, 0) is 19.9 Å². The number of hydrogen-bond donors (Lipinski definition) is 2. The van der Waals surface area contributed by atoms with Gasteiger partial charge in [0.2, 0.25) is 16.9 Å². The minimum atomic E-state index is -3.76. The fourth-order valence-electron chi connectivity index (χ4n) is 2.26. The van der Waals surface area contributed by atoms with Crippen molar-refractivity contribution < 1.29 is 32.5 Å². The lowest BCUT2D eigenvalue weighted by molar-refractivity contribution is -0.141. The summed E-state index contributed by atoms with van der Waals surface area (Å²) in [5.74, 6) is -0.252. The second-order valence-electron chi connectivity index (χ2n) is 6.67. The molecule has 0 aromatic heterocycles. The van der Waals surface area contributed by atoms with E-state index < -0.39 is 25.2 Å². The van der Waals surface area contributed by atoms with Crippen LogP contribution in [0.3, 0.4) is 0 Å². The molecule has 2 atom stereocenters. The van der Waals surface area contributed by atoms with Crippen LogP contribution in [0.1, 0.15) is 34.1 Å². The third-order valence-corrected chi connectivity index (χ3v) is 6.00. The highest BCUT2D eigenvalue weighted by molar-refractivity contribution is 8.14. The molecule has 0 bridgehead atoms. The van der Waals surface area contributed by atoms with E-state index in [-0.39, 0.29) is 37.2 Å². The smallest absolute Gasteiger partial charge is 0.355 e. The Balaban J connectivity index is 2.37. The Bertz CT molecular complexity index is 639. The Morgan fingerprint density at radius 3 is 2.64 bits per heavy atom. The summed E-state index contributed by atoms with van der Waals surface area (Å²) >= 11 is 1.12. The average Bonchev–Trinajstić information content (AvgIpc) is 2.61. The number of allylic oxidation sites excluding steroid dienone is 1. The van der Waals surface area contributed by atoms with Crippen LogP contribution in [0.15, 0.2) is 12.2 Å². The number of amides is 2. The van der Waals surface area contributed by atoms with Crippen LogP contribution >= 0.6 is 19.6 Å². The van der Waals surface area contributed by atoms with Gasteiger partial charge in [-0.3, -0.25) is 28.0 Å². The van der Waals surface area contributed by atoms with E-state index in [0.717, 1.165) is 11.8 Å². The topological polar surface area (TPSA) is 120 Å². The second-order valence-corrected chi connectivity index (χ2v) is 9.39. The molecule has 0 aromatic rings. The van der Waals surface area contributed by atoms with E-state index in [1.165, 1.54) is 6.08 Å². The largest absolute Gasteiger partial charge is 0.475 e. The number of phosphoric acid groups is 1. The summed E-state index contributed by atoms with van der Waals surface area (Å²) in [5, 5.41) is 5.23. The number of rotatable bonds is 10. The van der Waals surface area contributed by atoms with E-state index in [1.807, 2.05) is 0 Å². The lowest BCUT2D eigenvalue weighted by Gasteiger charge is -2.39. The predicted octanol–water partition coefficient (Wildman–Crippen LogP) is 2.03. The summed E-state index contributed by atoms with van der Waals surface area (Å²) < 4.78 is 27.8. The van der Waals surface area contributed by atoms with Crippen molar-refractivity contribution >= 4 is 36.5 Å². The first-order valence-corrected chi connectivity index (χ1v) is 11.5. The normalized spacial score (nSPS) is 24.1. The first-order valence-electron chi connectivity index (χ1n) is 9.05. The quantitative estimate of drug-likeness (QED) is 0.303. The zero-order valence-electron chi connectivity index (χ0n) is 16.7. The minimum Gasteiger partial charge on any atom is -0.355 e. The van der Waals surface area contributed by atoms with Crippen molar-refractivity contribution in [1.82, 2.24) is 10.6 Å². The first-order chi connectivity index (χ1) is 13.1. The molecule has 2 amide bonds. The number of thioether (sulfide) groups is 1. The third-order valence-electron chi connectivity index (χ3n) is 3.69. The summed E-state index contributed by atoms with van der Waals surface area (Å²) in [6.07, 6.45) is 2.18. The Morgan fingerprint density at radius 1 is 1.29 bits per heavy atom. The van der Waals surface area contributed by atoms with Gasteiger partial charge in [-0.1, -0.05) is 31.7 Å². The van der Waals surface area contributed by atoms with Gasteiger partial charge < -0.3 is 10.6 Å². The molecule has 28 heavy (non-hydrogen) atoms. The van der Waals surface area contributed by atoms with Gasteiger partial charge in [0.25, 0.3) is 0 Å². The van der Waals surface area contributed by atoms with Crippen LogP contribution in [-0.2, 0) is 32.5 Å². The van der Waals surface area contributed by atoms with Crippen LogP contribution in [0.25, 0.3) is 0 Å². The summed E-state index contributed by atoms with van der Waals surface area (Å²) in [5.41, 5.74) is -0.700. The molecule has 1 heterocycles. The third kappa shape index (κ3) is 8.45. The lowest BCUT2D eigenvalue weighted by atomic mass is 9.87. The van der Waals surface area contributed by atoms with Crippen LogP contribution in [0.2, 0.25) is 0 Å². The number of carbonyl (C=O) groups excluding carboxylic acids is 3. The Morgan fingerprint density at radius 2 is 2.00 bits per heavy atom. The van der Waals surface area contributed by atoms with E-state index in [4.69, 9.17) is 13.6 Å². The number of phosphoric ester groups is 1. The number of hydrogen-bond acceptors (Lipinski definition) is 8. The standard InChI is InChI=1S/C17H29N2O7PS/c1-5-7-14(21)28-11-10-18-13(20)8-9-19-16(22)15-17(3,4)12-25-27(23,26-15)24-6-2/h5,7,15H,6,8-12H2,1-4H3,(H,18,20)(H,19,22)/b7-5+/t15-,27?/m0/s1. The van der Waals surface area contributed by atoms with Gasteiger partial charge in [-0.2, -0.15) is 0 Å². The van der Waals surface area contributed by atoms with E-state index in [2.05, 4.69) is 10.6 Å². The van der Waals surface area contributed by atoms with E-state index >= 15 is 0 Å². The van der Waals surface area contributed by atoms with Crippen LogP contribution in [0, 0.1) is 5.41 Å². The molecule has 1 unspecified atom stereocenters. The van der Waals surface area contributed by atoms with Crippen LogP contribution in [-0.4, -0.2) is 55.1 Å². The van der Waals surface area contributed by atoms with Crippen molar-refractivity contribution in [2.45, 2.75) is 40.2 Å². The van der Waals surface area contributed by atoms with Gasteiger partial charge >= 0.3 is 7.82 Å². The molecule has 9 nitrogen and oxygen atoms in total. The maximum atomic E-state index is 12.4. The molecular weight excluding hydrogens is 407 g/mol. The Hall–Kier alpha value is -1.19. The molecule has 0 saturated carbocycles. The molecule has 0 aromatic carbocycles. The van der Waals surface area contributed by atoms with Crippen molar-refractivity contribution in [3.8, 4) is 0 Å². The maximum Gasteiger partial charge on any atom is 0.475 e. The molecule has 0 aliphatic carbocycles. The van der Waals surface area contributed by atoms with Crippen LogP contribution in [0.5, 0.6) is 0 Å². The summed E-state index contributed by atoms with van der Waals surface area (Å²) in [6, 6.07) is 0. The van der Waals surface area contributed by atoms with Crippen LogP contribution in [0.4, 0.5) is 0 Å². The molecule has 1 aliphatic rings. The van der Waals surface area contributed by atoms with Crippen LogP contribution < -0.4 is 10.6 Å². The Kier molecular flexibility index (Phi) is 10.4. The Labute approximate surface area is 169 Å². The zero-order chi connectivity index (χ0) is 21.2. The number of carbonyl (C=O) groups is 3. The fraction of sp³-hybridized carbons (Fsp3) is 0.706. The van der Waals surface area contributed by atoms with Gasteiger partial charge in [0, 0.05) is 30.7 Å². The van der Waals surface area contributed by atoms with Gasteiger partial charge in [-0.25, -0.2) is 4.57 Å². The van der Waals surface area contributed by atoms with E-state index in [9.17, 15) is 18.9 Å². The first kappa shape index (κ1) is 24.8. The summed E-state index contributed by atoms with van der Waals surface area (Å²) in [4.78, 5) is 35.5. The van der Waals surface area contributed by atoms with Crippen molar-refractivity contribution in [3.63, 3.8) is 0 Å². The molecule has 160 valence electrons. The molecule has 0 radical (unpaired) electrons. The number of nitrogens with one attached hydrogen (secondary N) is 2. The molecule has 1 rings (SSSR count). The van der Waals surface area contributed by atoms with Crippen molar-refractivity contribution in [2.75, 3.05) is 32.1 Å². The predicted molar refractivity (Wildman–Crippen MR) is 107 cm³/mol. The molecule has 1 saturated heterocycles. The highest BCUT2D eigenvalue weighted by Crippen LogP contribution is 2.56. The molecular formula is C17H29N2O7PS. The highest BCUT2D eigenvalue weighted by atomic mass is 32.2. The summed E-state index contributed by atoms with van der Waals surface area (Å²) in [6.45, 7) is 7.56. The highest BCUT2D eigenvalue weighted by Gasteiger charge is 2.48. The monoisotopic (exact) mass is 436 g/mol. The molecule has 2 N–H and O–H groups in total. The lowest BCUT2D eigenvalue weighted by Crippen LogP contribution is -2.50. The van der Waals surface area contributed by atoms with E-state index in [1.54, 1.807) is 33.8 Å². The summed E-state index contributed by atoms with van der Waals surface area (Å²) in [7, 11) is -3.76. The molecule has 1 fully saturated rings. The maximum absolute atomic E-state index is 12.4. The fourth-order valence-corrected chi connectivity index (χ4v) is 4.54. The van der Waals surface area contributed by atoms with Gasteiger partial charge in [0.05, 0.1) is 13.2 Å². The minimum absolute atomic E-state index is 0.0481. The van der Waals surface area contributed by atoms with Gasteiger partial charge in [0.15, 0.2) is 6.10 Å². The second kappa shape index (κ2) is 11.7. The zero-order valence-corrected chi connectivity index (χ0v) is 18.4. The molecule has 1 aliphatic heterocycles. The van der Waals surface area contributed by atoms with Crippen molar-refractivity contribution in [1.29, 1.82) is 0 Å². The van der Waals surface area contributed by atoms with Gasteiger partial charge in [-0.15, -0.1) is 0 Å². The van der Waals surface area contributed by atoms with E-state index in [0.29, 0.717) is 12.3 Å². The average molecular weight is 436 g/mol. The van der Waals surface area contributed by atoms with Crippen molar-refractivity contribution in [3.05, 3.63) is 12.2 Å². The molecule has 11 heteroatoms. The van der Waals surface area contributed by atoms with Gasteiger partial charge in [0.1, 0.15) is 0 Å². The van der Waals surface area contributed by atoms with Crippen molar-refractivity contribution in [2.24, 2.45) is 5.41 Å². The molecule has 0 spiro atoms. The SMILES string of the molecule is C/C=C/C(=O)SCCNC(=O)CCNC(=O)[C@@H]1OP(=O)(OCC)OCC1(C)C.